The number of ether oxygens (including phenoxy) is 2. The van der Waals surface area contributed by atoms with Crippen molar-refractivity contribution in [2.24, 2.45) is 5.92 Å². The molecule has 0 spiro atoms. The van der Waals surface area contributed by atoms with Crippen LogP contribution in [0.15, 0.2) is 0 Å². The average molecular weight is 227 g/mol. The van der Waals surface area contributed by atoms with Gasteiger partial charge in [0.25, 0.3) is 0 Å². The van der Waals surface area contributed by atoms with Crippen molar-refractivity contribution in [2.75, 3.05) is 33.4 Å². The zero-order valence-corrected chi connectivity index (χ0v) is 10.7. The Morgan fingerprint density at radius 1 is 1.06 bits per heavy atom. The second kappa shape index (κ2) is 5.99. The van der Waals surface area contributed by atoms with Gasteiger partial charge in [0.15, 0.2) is 0 Å². The van der Waals surface area contributed by atoms with Gasteiger partial charge in [-0.3, -0.25) is 0 Å². The third-order valence-electron chi connectivity index (χ3n) is 3.89. The first-order valence-electron chi connectivity index (χ1n) is 6.67. The largest absolute Gasteiger partial charge is 0.379 e. The van der Waals surface area contributed by atoms with Gasteiger partial charge in [0.05, 0.1) is 18.8 Å². The van der Waals surface area contributed by atoms with Gasteiger partial charge >= 0.3 is 0 Å². The standard InChI is InChI=1S/C13H25NO2/c1-11-5-6-12(4-3-8-15-11)13-10-14(2)7-9-16-13/h11-13H,3-10H2,1-2H3/t11-,12-,13?/m0/s1. The maximum atomic E-state index is 5.94. The number of morpholine rings is 1. The molecule has 2 saturated heterocycles. The molecule has 2 heterocycles. The van der Waals surface area contributed by atoms with E-state index in [1.54, 1.807) is 0 Å². The highest BCUT2D eigenvalue weighted by molar-refractivity contribution is 4.78. The first-order chi connectivity index (χ1) is 7.75. The summed E-state index contributed by atoms with van der Waals surface area (Å²) in [6, 6.07) is 0. The van der Waals surface area contributed by atoms with Crippen LogP contribution >= 0.6 is 0 Å². The third kappa shape index (κ3) is 3.44. The predicted octanol–water partition coefficient (Wildman–Crippen LogP) is 1.91. The molecule has 0 aromatic rings. The zero-order valence-electron chi connectivity index (χ0n) is 10.7. The summed E-state index contributed by atoms with van der Waals surface area (Å²) in [6.07, 6.45) is 5.81. The summed E-state index contributed by atoms with van der Waals surface area (Å²) in [6.45, 7) is 6.23. The summed E-state index contributed by atoms with van der Waals surface area (Å²) in [4.78, 5) is 2.40. The van der Waals surface area contributed by atoms with Crippen LogP contribution < -0.4 is 0 Å². The Labute approximate surface area is 99.1 Å². The Morgan fingerprint density at radius 2 is 1.94 bits per heavy atom. The van der Waals surface area contributed by atoms with Crippen molar-refractivity contribution in [1.82, 2.24) is 4.90 Å². The van der Waals surface area contributed by atoms with Crippen LogP contribution in [0, 0.1) is 5.92 Å². The lowest BCUT2D eigenvalue weighted by atomic mass is 9.89. The van der Waals surface area contributed by atoms with Crippen LogP contribution in [0.1, 0.15) is 32.6 Å². The first-order valence-corrected chi connectivity index (χ1v) is 6.67. The second-order valence-corrected chi connectivity index (χ2v) is 5.33. The summed E-state index contributed by atoms with van der Waals surface area (Å²) in [7, 11) is 2.20. The maximum Gasteiger partial charge on any atom is 0.0730 e. The van der Waals surface area contributed by atoms with Gasteiger partial charge in [-0.1, -0.05) is 0 Å². The van der Waals surface area contributed by atoms with Crippen molar-refractivity contribution in [3.05, 3.63) is 0 Å². The van der Waals surface area contributed by atoms with Gasteiger partial charge in [-0.25, -0.2) is 0 Å². The summed E-state index contributed by atoms with van der Waals surface area (Å²) in [5.41, 5.74) is 0. The van der Waals surface area contributed by atoms with Gasteiger partial charge in [-0.2, -0.15) is 0 Å². The Kier molecular flexibility index (Phi) is 4.62. The number of nitrogens with zero attached hydrogens (tertiary/aromatic N) is 1. The highest BCUT2D eigenvalue weighted by Gasteiger charge is 2.27. The van der Waals surface area contributed by atoms with E-state index in [0.29, 0.717) is 12.2 Å². The first kappa shape index (κ1) is 12.3. The Balaban J connectivity index is 1.85. The minimum Gasteiger partial charge on any atom is -0.379 e. The topological polar surface area (TPSA) is 21.7 Å². The predicted molar refractivity (Wildman–Crippen MR) is 64.6 cm³/mol. The third-order valence-corrected chi connectivity index (χ3v) is 3.89. The van der Waals surface area contributed by atoms with Crippen LogP contribution in [-0.2, 0) is 9.47 Å². The number of likely N-dealkylation sites (N-methyl/N-ethyl adjacent to an activating group) is 1. The Bertz CT molecular complexity index is 210. The molecular formula is C13H25NO2. The lowest BCUT2D eigenvalue weighted by molar-refractivity contribution is -0.0644. The highest BCUT2D eigenvalue weighted by Crippen LogP contribution is 2.26. The van der Waals surface area contributed by atoms with E-state index in [1.807, 2.05) is 0 Å². The van der Waals surface area contributed by atoms with Crippen molar-refractivity contribution in [2.45, 2.75) is 44.8 Å². The molecule has 0 saturated carbocycles. The summed E-state index contributed by atoms with van der Waals surface area (Å²) in [5.74, 6) is 0.745. The molecule has 0 radical (unpaired) electrons. The molecule has 0 amide bonds. The summed E-state index contributed by atoms with van der Waals surface area (Å²) in [5, 5.41) is 0. The molecule has 0 aromatic heterocycles. The van der Waals surface area contributed by atoms with Crippen molar-refractivity contribution in [1.29, 1.82) is 0 Å². The van der Waals surface area contributed by atoms with Gasteiger partial charge < -0.3 is 14.4 Å². The molecule has 0 aromatic carbocycles. The van der Waals surface area contributed by atoms with Crippen molar-refractivity contribution in [3.8, 4) is 0 Å². The smallest absolute Gasteiger partial charge is 0.0730 e. The van der Waals surface area contributed by atoms with Gasteiger partial charge in [0.2, 0.25) is 0 Å². The second-order valence-electron chi connectivity index (χ2n) is 5.33. The summed E-state index contributed by atoms with van der Waals surface area (Å²) >= 11 is 0. The molecule has 3 atom stereocenters. The molecule has 2 aliphatic rings. The summed E-state index contributed by atoms with van der Waals surface area (Å²) < 4.78 is 11.6. The van der Waals surface area contributed by atoms with Crippen molar-refractivity contribution in [3.63, 3.8) is 0 Å². The molecule has 94 valence electrons. The molecule has 2 fully saturated rings. The number of hydrogen-bond donors (Lipinski definition) is 0. The quantitative estimate of drug-likeness (QED) is 0.683. The lowest BCUT2D eigenvalue weighted by Gasteiger charge is -2.36. The molecule has 0 bridgehead atoms. The fraction of sp³-hybridized carbons (Fsp3) is 1.00. The SMILES string of the molecule is C[C@H]1CC[C@@H](C2CN(C)CCO2)CCCO1. The van der Waals surface area contributed by atoms with Gasteiger partial charge in [-0.15, -0.1) is 0 Å². The molecular weight excluding hydrogens is 202 g/mol. The van der Waals surface area contributed by atoms with Gasteiger partial charge in [-0.05, 0) is 45.6 Å². The molecule has 3 nitrogen and oxygen atoms in total. The fourth-order valence-corrected chi connectivity index (χ4v) is 2.77. The molecule has 3 heteroatoms. The zero-order chi connectivity index (χ0) is 11.4. The van der Waals surface area contributed by atoms with E-state index in [0.717, 1.165) is 32.2 Å². The average Bonchev–Trinajstić information content (AvgIpc) is 2.24. The van der Waals surface area contributed by atoms with E-state index < -0.39 is 0 Å². The van der Waals surface area contributed by atoms with Crippen LogP contribution in [0.5, 0.6) is 0 Å². The lowest BCUT2D eigenvalue weighted by Crippen LogP contribution is -2.44. The van der Waals surface area contributed by atoms with Crippen LogP contribution in [-0.4, -0.2) is 50.5 Å². The maximum absolute atomic E-state index is 5.94. The minimum atomic E-state index is 0.434. The molecule has 2 rings (SSSR count). The molecule has 0 aliphatic carbocycles. The van der Waals surface area contributed by atoms with E-state index >= 15 is 0 Å². The Hall–Kier alpha value is -0.120. The van der Waals surface area contributed by atoms with E-state index in [2.05, 4.69) is 18.9 Å². The van der Waals surface area contributed by atoms with E-state index in [-0.39, 0.29) is 0 Å². The van der Waals surface area contributed by atoms with Gasteiger partial charge in [0, 0.05) is 19.7 Å². The van der Waals surface area contributed by atoms with Crippen LogP contribution in [0.25, 0.3) is 0 Å². The highest BCUT2D eigenvalue weighted by atomic mass is 16.5. The monoisotopic (exact) mass is 227 g/mol. The van der Waals surface area contributed by atoms with Crippen LogP contribution in [0.4, 0.5) is 0 Å². The molecule has 0 N–H and O–H groups in total. The van der Waals surface area contributed by atoms with Crippen molar-refractivity contribution < 1.29 is 9.47 Å². The fourth-order valence-electron chi connectivity index (χ4n) is 2.77. The van der Waals surface area contributed by atoms with Gasteiger partial charge in [0.1, 0.15) is 0 Å². The van der Waals surface area contributed by atoms with Crippen LogP contribution in [0.3, 0.4) is 0 Å². The Morgan fingerprint density at radius 3 is 2.75 bits per heavy atom. The molecule has 1 unspecified atom stereocenters. The number of rotatable bonds is 1. The molecule has 2 aliphatic heterocycles. The minimum absolute atomic E-state index is 0.434. The van der Waals surface area contributed by atoms with Crippen molar-refractivity contribution >= 4 is 0 Å². The van der Waals surface area contributed by atoms with E-state index in [9.17, 15) is 0 Å². The molecule has 16 heavy (non-hydrogen) atoms. The van der Waals surface area contributed by atoms with Crippen LogP contribution in [0.2, 0.25) is 0 Å². The van der Waals surface area contributed by atoms with E-state index in [1.165, 1.54) is 25.7 Å². The number of hydrogen-bond acceptors (Lipinski definition) is 3. The van der Waals surface area contributed by atoms with E-state index in [4.69, 9.17) is 9.47 Å². The normalized spacial score (nSPS) is 39.0.